The summed E-state index contributed by atoms with van der Waals surface area (Å²) in [5, 5.41) is 0. The highest BCUT2D eigenvalue weighted by atomic mass is 79.9. The van der Waals surface area contributed by atoms with Gasteiger partial charge in [-0.25, -0.2) is 0 Å². The maximum absolute atomic E-state index is 5.45. The zero-order valence-corrected chi connectivity index (χ0v) is 13.0. The Hall–Kier alpha value is -1.46. The number of H-pyrrole nitrogens is 1. The second-order valence-electron chi connectivity index (χ2n) is 4.55. The van der Waals surface area contributed by atoms with Crippen LogP contribution in [0.15, 0.2) is 35.1 Å². The van der Waals surface area contributed by atoms with Crippen molar-refractivity contribution in [3.63, 3.8) is 0 Å². The SMILES string of the molecule is Cc1cc(Br)cc(C)c1-n1c(=S)[nH]c2cnccc21. The molecule has 0 saturated heterocycles. The highest BCUT2D eigenvalue weighted by molar-refractivity contribution is 9.10. The van der Waals surface area contributed by atoms with E-state index in [4.69, 9.17) is 12.2 Å². The smallest absolute Gasteiger partial charge is 0.182 e. The third-order valence-electron chi connectivity index (χ3n) is 3.16. The second kappa shape index (κ2) is 4.58. The topological polar surface area (TPSA) is 33.6 Å². The van der Waals surface area contributed by atoms with Crippen LogP contribution in [0.2, 0.25) is 0 Å². The third-order valence-corrected chi connectivity index (χ3v) is 3.91. The van der Waals surface area contributed by atoms with E-state index in [2.05, 4.69) is 56.4 Å². The van der Waals surface area contributed by atoms with E-state index in [1.54, 1.807) is 12.4 Å². The van der Waals surface area contributed by atoms with E-state index in [9.17, 15) is 0 Å². The number of benzene rings is 1. The Kier molecular flexibility index (Phi) is 3.03. The van der Waals surface area contributed by atoms with Gasteiger partial charge in [0.1, 0.15) is 0 Å². The lowest BCUT2D eigenvalue weighted by molar-refractivity contribution is 1.03. The van der Waals surface area contributed by atoms with Gasteiger partial charge in [0.15, 0.2) is 4.77 Å². The van der Waals surface area contributed by atoms with Gasteiger partial charge in [0.25, 0.3) is 0 Å². The van der Waals surface area contributed by atoms with Crippen molar-refractivity contribution in [2.45, 2.75) is 13.8 Å². The Bertz CT molecular complexity index is 809. The average molecular weight is 334 g/mol. The highest BCUT2D eigenvalue weighted by Gasteiger charge is 2.11. The zero-order valence-electron chi connectivity index (χ0n) is 10.6. The molecule has 2 heterocycles. The second-order valence-corrected chi connectivity index (χ2v) is 5.85. The average Bonchev–Trinajstić information content (AvgIpc) is 2.65. The van der Waals surface area contributed by atoms with E-state index in [1.807, 2.05) is 6.07 Å². The van der Waals surface area contributed by atoms with Crippen molar-refractivity contribution in [2.24, 2.45) is 0 Å². The Labute approximate surface area is 124 Å². The van der Waals surface area contributed by atoms with Gasteiger partial charge in [0.05, 0.1) is 22.9 Å². The van der Waals surface area contributed by atoms with Gasteiger partial charge in [-0.3, -0.25) is 9.55 Å². The Morgan fingerprint density at radius 2 is 1.95 bits per heavy atom. The maximum Gasteiger partial charge on any atom is 0.182 e. The fourth-order valence-electron chi connectivity index (χ4n) is 2.44. The largest absolute Gasteiger partial charge is 0.329 e. The number of pyridine rings is 1. The Morgan fingerprint density at radius 1 is 1.26 bits per heavy atom. The first-order valence-corrected chi connectivity index (χ1v) is 7.10. The van der Waals surface area contributed by atoms with E-state index < -0.39 is 0 Å². The van der Waals surface area contributed by atoms with Crippen LogP contribution < -0.4 is 0 Å². The molecule has 3 aromatic rings. The third kappa shape index (κ3) is 2.03. The summed E-state index contributed by atoms with van der Waals surface area (Å²) in [6.45, 7) is 4.18. The fourth-order valence-corrected chi connectivity index (χ4v) is 3.42. The monoisotopic (exact) mass is 333 g/mol. The number of fused-ring (bicyclic) bond motifs is 1. The van der Waals surface area contributed by atoms with Crippen molar-refractivity contribution >= 4 is 39.2 Å². The number of halogens is 1. The summed E-state index contributed by atoms with van der Waals surface area (Å²) >= 11 is 8.98. The van der Waals surface area contributed by atoms with Crippen molar-refractivity contribution < 1.29 is 0 Å². The van der Waals surface area contributed by atoms with E-state index in [1.165, 1.54) is 11.1 Å². The molecule has 3 nitrogen and oxygen atoms in total. The normalized spacial score (nSPS) is 11.1. The van der Waals surface area contributed by atoms with Gasteiger partial charge in [-0.05, 0) is 55.4 Å². The maximum atomic E-state index is 5.45. The summed E-state index contributed by atoms with van der Waals surface area (Å²) in [7, 11) is 0. The number of nitrogens with one attached hydrogen (secondary N) is 1. The molecule has 0 amide bonds. The lowest BCUT2D eigenvalue weighted by atomic mass is 10.1. The molecule has 1 aromatic carbocycles. The van der Waals surface area contributed by atoms with E-state index in [0.717, 1.165) is 21.2 Å². The molecule has 96 valence electrons. The van der Waals surface area contributed by atoms with Gasteiger partial charge in [-0.15, -0.1) is 0 Å². The molecule has 0 fully saturated rings. The summed E-state index contributed by atoms with van der Waals surface area (Å²) in [4.78, 5) is 7.32. The van der Waals surface area contributed by atoms with Gasteiger partial charge >= 0.3 is 0 Å². The van der Waals surface area contributed by atoms with E-state index >= 15 is 0 Å². The quantitative estimate of drug-likeness (QED) is 0.667. The summed E-state index contributed by atoms with van der Waals surface area (Å²) in [6, 6.07) is 6.18. The van der Waals surface area contributed by atoms with Crippen LogP contribution >= 0.6 is 28.1 Å². The number of aromatic amines is 1. The molecule has 5 heteroatoms. The molecule has 0 bridgehead atoms. The van der Waals surface area contributed by atoms with Gasteiger partial charge in [0.2, 0.25) is 0 Å². The number of hydrogen-bond donors (Lipinski definition) is 1. The minimum atomic E-state index is 0.691. The molecule has 0 radical (unpaired) electrons. The molecule has 1 N–H and O–H groups in total. The van der Waals surface area contributed by atoms with Gasteiger partial charge in [-0.1, -0.05) is 15.9 Å². The predicted molar refractivity (Wildman–Crippen MR) is 83.4 cm³/mol. The van der Waals surface area contributed by atoms with Gasteiger partial charge in [0, 0.05) is 10.7 Å². The van der Waals surface area contributed by atoms with Crippen LogP contribution in [0.25, 0.3) is 16.7 Å². The summed E-state index contributed by atoms with van der Waals surface area (Å²) in [5.74, 6) is 0. The molecule has 19 heavy (non-hydrogen) atoms. The van der Waals surface area contributed by atoms with E-state index in [-0.39, 0.29) is 0 Å². The number of rotatable bonds is 1. The Morgan fingerprint density at radius 3 is 2.63 bits per heavy atom. The lowest BCUT2D eigenvalue weighted by Crippen LogP contribution is -2.00. The number of imidazole rings is 1. The lowest BCUT2D eigenvalue weighted by Gasteiger charge is -2.12. The molecule has 2 aromatic heterocycles. The van der Waals surface area contributed by atoms with Gasteiger partial charge in [-0.2, -0.15) is 0 Å². The van der Waals surface area contributed by atoms with Crippen LogP contribution in [0.1, 0.15) is 11.1 Å². The fraction of sp³-hybridized carbons (Fsp3) is 0.143. The van der Waals surface area contributed by atoms with Gasteiger partial charge < -0.3 is 4.98 Å². The van der Waals surface area contributed by atoms with Crippen molar-refractivity contribution in [1.82, 2.24) is 14.5 Å². The van der Waals surface area contributed by atoms with Crippen molar-refractivity contribution in [3.05, 3.63) is 51.0 Å². The minimum absolute atomic E-state index is 0.691. The first-order chi connectivity index (χ1) is 9.08. The minimum Gasteiger partial charge on any atom is -0.329 e. The summed E-state index contributed by atoms with van der Waals surface area (Å²) in [5.41, 5.74) is 5.50. The molecule has 0 aliphatic rings. The molecule has 0 spiro atoms. The van der Waals surface area contributed by atoms with Crippen molar-refractivity contribution in [3.8, 4) is 5.69 Å². The summed E-state index contributed by atoms with van der Waals surface area (Å²) < 4.78 is 3.85. The number of nitrogens with zero attached hydrogens (tertiary/aromatic N) is 2. The van der Waals surface area contributed by atoms with Crippen LogP contribution in [0.5, 0.6) is 0 Å². The Balaban J connectivity index is 2.43. The first-order valence-electron chi connectivity index (χ1n) is 5.90. The van der Waals surface area contributed by atoms with Crippen LogP contribution in [0, 0.1) is 18.6 Å². The number of aryl methyl sites for hydroxylation is 2. The van der Waals surface area contributed by atoms with Crippen LogP contribution in [-0.4, -0.2) is 14.5 Å². The summed E-state index contributed by atoms with van der Waals surface area (Å²) in [6.07, 6.45) is 3.58. The van der Waals surface area contributed by atoms with Crippen LogP contribution in [0.3, 0.4) is 0 Å². The number of hydrogen-bond acceptors (Lipinski definition) is 2. The van der Waals surface area contributed by atoms with Crippen molar-refractivity contribution in [2.75, 3.05) is 0 Å². The molecule has 0 saturated carbocycles. The molecule has 0 atom stereocenters. The predicted octanol–water partition coefficient (Wildman–Crippen LogP) is 4.46. The van der Waals surface area contributed by atoms with Crippen LogP contribution in [-0.2, 0) is 0 Å². The molecule has 0 unspecified atom stereocenters. The van der Waals surface area contributed by atoms with E-state index in [0.29, 0.717) is 4.77 Å². The molecule has 3 rings (SSSR count). The molecule has 0 aliphatic carbocycles. The zero-order chi connectivity index (χ0) is 13.6. The van der Waals surface area contributed by atoms with Crippen molar-refractivity contribution in [1.29, 1.82) is 0 Å². The number of aromatic nitrogens is 3. The molecular formula is C14H12BrN3S. The standard InChI is InChI=1S/C14H12BrN3S/c1-8-5-10(15)6-9(2)13(8)18-12-3-4-16-7-11(12)17-14(18)19/h3-7H,1-2H3,(H,17,19). The molecule has 0 aliphatic heterocycles. The highest BCUT2D eigenvalue weighted by Crippen LogP contribution is 2.27. The molecular weight excluding hydrogens is 322 g/mol. The van der Waals surface area contributed by atoms with Crippen LogP contribution in [0.4, 0.5) is 0 Å². The first kappa shape index (κ1) is 12.6.